The molecule has 0 bridgehead atoms. The molecular formula is C9H15N3O2S. The normalized spacial score (nSPS) is 11.5. The Bertz CT molecular complexity index is 378. The zero-order valence-electron chi connectivity index (χ0n) is 8.68. The molecule has 1 N–H and O–H groups in total. The highest BCUT2D eigenvalue weighted by molar-refractivity contribution is 7.91. The number of rotatable bonds is 6. The molecule has 0 aliphatic heterocycles. The molecule has 0 atom stereocenters. The van der Waals surface area contributed by atoms with Gasteiger partial charge in [-0.1, -0.05) is 6.92 Å². The van der Waals surface area contributed by atoms with E-state index in [-0.39, 0.29) is 11.5 Å². The number of aromatic nitrogens is 2. The summed E-state index contributed by atoms with van der Waals surface area (Å²) in [6, 6.07) is 1.79. The summed E-state index contributed by atoms with van der Waals surface area (Å²) in [6.07, 6.45) is 3.13. The van der Waals surface area contributed by atoms with Gasteiger partial charge in [0.2, 0.25) is 0 Å². The summed E-state index contributed by atoms with van der Waals surface area (Å²) in [5.41, 5.74) is 0.860. The maximum absolute atomic E-state index is 11.1. The molecule has 1 heterocycles. The van der Waals surface area contributed by atoms with Gasteiger partial charge in [-0.15, -0.1) is 0 Å². The summed E-state index contributed by atoms with van der Waals surface area (Å²) < 4.78 is 22.3. The summed E-state index contributed by atoms with van der Waals surface area (Å²) in [6.45, 7) is 2.68. The molecule has 1 rings (SSSR count). The van der Waals surface area contributed by atoms with E-state index in [0.29, 0.717) is 13.1 Å². The average Bonchev–Trinajstić information content (AvgIpc) is 2.26. The van der Waals surface area contributed by atoms with Crippen LogP contribution in [0.1, 0.15) is 12.6 Å². The van der Waals surface area contributed by atoms with E-state index in [9.17, 15) is 8.42 Å². The van der Waals surface area contributed by atoms with E-state index < -0.39 is 9.84 Å². The van der Waals surface area contributed by atoms with Gasteiger partial charge in [0.1, 0.15) is 6.33 Å². The molecule has 0 fully saturated rings. The predicted octanol–water partition coefficient (Wildman–Crippen LogP) is 0.000900. The van der Waals surface area contributed by atoms with Crippen molar-refractivity contribution in [2.75, 3.05) is 18.1 Å². The van der Waals surface area contributed by atoms with Crippen LogP contribution in [-0.4, -0.2) is 36.4 Å². The second-order valence-electron chi connectivity index (χ2n) is 3.11. The molecule has 1 aromatic heterocycles. The lowest BCUT2D eigenvalue weighted by Gasteiger charge is -2.03. The molecule has 5 nitrogen and oxygen atoms in total. The number of hydrogen-bond acceptors (Lipinski definition) is 5. The van der Waals surface area contributed by atoms with Crippen LogP contribution in [-0.2, 0) is 16.4 Å². The molecule has 84 valence electrons. The minimum atomic E-state index is -2.87. The van der Waals surface area contributed by atoms with Crippen LogP contribution in [0.2, 0.25) is 0 Å². The first kappa shape index (κ1) is 12.1. The fourth-order valence-corrected chi connectivity index (χ4v) is 1.76. The molecule has 0 aliphatic carbocycles. The van der Waals surface area contributed by atoms with Gasteiger partial charge in [0.25, 0.3) is 0 Å². The topological polar surface area (TPSA) is 72.0 Å². The SMILES string of the molecule is CCS(=O)(=O)CCNCc1ccncn1. The van der Waals surface area contributed by atoms with Crippen LogP contribution >= 0.6 is 0 Å². The summed E-state index contributed by atoms with van der Waals surface area (Å²) >= 11 is 0. The van der Waals surface area contributed by atoms with Gasteiger partial charge in [-0.05, 0) is 6.07 Å². The Kier molecular flexibility index (Phi) is 4.64. The van der Waals surface area contributed by atoms with E-state index in [1.165, 1.54) is 6.33 Å². The van der Waals surface area contributed by atoms with Gasteiger partial charge < -0.3 is 5.32 Å². The van der Waals surface area contributed by atoms with Crippen LogP contribution < -0.4 is 5.32 Å². The van der Waals surface area contributed by atoms with Gasteiger partial charge >= 0.3 is 0 Å². The summed E-state index contributed by atoms with van der Waals surface area (Å²) in [7, 11) is -2.87. The van der Waals surface area contributed by atoms with Gasteiger partial charge in [0.15, 0.2) is 9.84 Å². The molecule has 0 saturated heterocycles. The summed E-state index contributed by atoms with van der Waals surface area (Å²) in [5, 5.41) is 3.02. The van der Waals surface area contributed by atoms with Crippen LogP contribution in [0.5, 0.6) is 0 Å². The van der Waals surface area contributed by atoms with Crippen LogP contribution in [0.4, 0.5) is 0 Å². The van der Waals surface area contributed by atoms with E-state index >= 15 is 0 Å². The maximum atomic E-state index is 11.1. The first-order chi connectivity index (χ1) is 7.14. The first-order valence-electron chi connectivity index (χ1n) is 4.80. The maximum Gasteiger partial charge on any atom is 0.151 e. The standard InChI is InChI=1S/C9H15N3O2S/c1-2-15(13,14)6-5-10-7-9-3-4-11-8-12-9/h3-4,8,10H,2,5-7H2,1H3. The first-order valence-corrected chi connectivity index (χ1v) is 6.62. The van der Waals surface area contributed by atoms with Crippen molar-refractivity contribution >= 4 is 9.84 Å². The minimum absolute atomic E-state index is 0.175. The van der Waals surface area contributed by atoms with Crippen molar-refractivity contribution in [2.45, 2.75) is 13.5 Å². The highest BCUT2D eigenvalue weighted by Gasteiger charge is 2.05. The Morgan fingerprint density at radius 3 is 2.87 bits per heavy atom. The molecule has 1 aromatic rings. The molecule has 0 aliphatic rings. The van der Waals surface area contributed by atoms with Crippen molar-refractivity contribution in [3.05, 3.63) is 24.3 Å². The molecule has 0 radical (unpaired) electrons. The third kappa shape index (κ3) is 4.85. The van der Waals surface area contributed by atoms with Crippen molar-refractivity contribution in [3.63, 3.8) is 0 Å². The Morgan fingerprint density at radius 1 is 1.47 bits per heavy atom. The molecule has 0 saturated carbocycles. The zero-order chi connectivity index (χ0) is 11.1. The van der Waals surface area contributed by atoms with Gasteiger partial charge in [0, 0.05) is 25.0 Å². The second-order valence-corrected chi connectivity index (χ2v) is 5.59. The highest BCUT2D eigenvalue weighted by Crippen LogP contribution is 1.91. The van der Waals surface area contributed by atoms with E-state index in [1.54, 1.807) is 19.2 Å². The number of nitrogens with zero attached hydrogens (tertiary/aromatic N) is 2. The molecule has 15 heavy (non-hydrogen) atoms. The smallest absolute Gasteiger partial charge is 0.151 e. The molecule has 0 spiro atoms. The molecule has 0 unspecified atom stereocenters. The molecular weight excluding hydrogens is 214 g/mol. The molecule has 0 aromatic carbocycles. The Morgan fingerprint density at radius 2 is 2.27 bits per heavy atom. The Hall–Kier alpha value is -1.01. The van der Waals surface area contributed by atoms with E-state index in [2.05, 4.69) is 15.3 Å². The van der Waals surface area contributed by atoms with Crippen molar-refractivity contribution < 1.29 is 8.42 Å². The summed E-state index contributed by atoms with van der Waals surface area (Å²) in [5.74, 6) is 0.372. The van der Waals surface area contributed by atoms with E-state index in [0.717, 1.165) is 5.69 Å². The number of hydrogen-bond donors (Lipinski definition) is 1. The quantitative estimate of drug-likeness (QED) is 0.695. The predicted molar refractivity (Wildman–Crippen MR) is 58.1 cm³/mol. The third-order valence-electron chi connectivity index (χ3n) is 1.98. The average molecular weight is 229 g/mol. The van der Waals surface area contributed by atoms with Crippen LogP contribution in [0, 0.1) is 0 Å². The molecule has 6 heteroatoms. The van der Waals surface area contributed by atoms with Gasteiger partial charge in [-0.2, -0.15) is 0 Å². The lowest BCUT2D eigenvalue weighted by Crippen LogP contribution is -2.23. The van der Waals surface area contributed by atoms with Crippen molar-refractivity contribution in [3.8, 4) is 0 Å². The van der Waals surface area contributed by atoms with Gasteiger partial charge in [0.05, 0.1) is 11.4 Å². The highest BCUT2D eigenvalue weighted by atomic mass is 32.2. The Balaban J connectivity index is 2.24. The fraction of sp³-hybridized carbons (Fsp3) is 0.556. The van der Waals surface area contributed by atoms with E-state index in [1.807, 2.05) is 0 Å². The van der Waals surface area contributed by atoms with Crippen LogP contribution in [0.25, 0.3) is 0 Å². The van der Waals surface area contributed by atoms with Crippen LogP contribution in [0.3, 0.4) is 0 Å². The minimum Gasteiger partial charge on any atom is -0.310 e. The van der Waals surface area contributed by atoms with Gasteiger partial charge in [-0.25, -0.2) is 18.4 Å². The van der Waals surface area contributed by atoms with Gasteiger partial charge in [-0.3, -0.25) is 0 Å². The third-order valence-corrected chi connectivity index (χ3v) is 3.68. The zero-order valence-corrected chi connectivity index (χ0v) is 9.50. The van der Waals surface area contributed by atoms with Crippen molar-refractivity contribution in [1.29, 1.82) is 0 Å². The second kappa shape index (κ2) is 5.77. The molecule has 0 amide bonds. The van der Waals surface area contributed by atoms with Crippen LogP contribution in [0.15, 0.2) is 18.6 Å². The van der Waals surface area contributed by atoms with E-state index in [4.69, 9.17) is 0 Å². The monoisotopic (exact) mass is 229 g/mol. The largest absolute Gasteiger partial charge is 0.310 e. The fourth-order valence-electron chi connectivity index (χ4n) is 1.01. The summed E-state index contributed by atoms with van der Waals surface area (Å²) in [4.78, 5) is 7.80. The number of sulfone groups is 1. The lowest BCUT2D eigenvalue weighted by molar-refractivity contribution is 0.591. The Labute approximate surface area is 89.9 Å². The number of nitrogens with one attached hydrogen (secondary N) is 1. The lowest BCUT2D eigenvalue weighted by atomic mass is 10.4. The van der Waals surface area contributed by atoms with Crippen molar-refractivity contribution in [1.82, 2.24) is 15.3 Å². The van der Waals surface area contributed by atoms with Crippen molar-refractivity contribution in [2.24, 2.45) is 0 Å².